The molecular weight excluding hydrogens is 378 g/mol. The number of rotatable bonds is 6. The van der Waals surface area contributed by atoms with Gasteiger partial charge in [-0.25, -0.2) is 4.98 Å². The molecule has 1 aromatic heterocycles. The number of thioether (sulfide) groups is 1. The first-order chi connectivity index (χ1) is 14.1. The number of carbonyl (C=O) groups is 1. The topological polar surface area (TPSA) is 46.9 Å². The molecule has 0 unspecified atom stereocenters. The molecule has 4 nitrogen and oxygen atoms in total. The second kappa shape index (κ2) is 8.53. The molecule has 3 aromatic carbocycles. The second-order valence-corrected chi connectivity index (χ2v) is 8.11. The monoisotopic (exact) mass is 401 g/mol. The van der Waals surface area contributed by atoms with E-state index in [1.54, 1.807) is 0 Å². The fourth-order valence-electron chi connectivity index (χ4n) is 3.21. The van der Waals surface area contributed by atoms with E-state index in [1.807, 2.05) is 48.5 Å². The van der Waals surface area contributed by atoms with Crippen LogP contribution < -0.4 is 5.32 Å². The highest BCUT2D eigenvalue weighted by molar-refractivity contribution is 7.99. The molecule has 4 aromatic rings. The van der Waals surface area contributed by atoms with Gasteiger partial charge in [-0.1, -0.05) is 68.1 Å². The van der Waals surface area contributed by atoms with Gasteiger partial charge in [0.2, 0.25) is 5.91 Å². The van der Waals surface area contributed by atoms with Crippen LogP contribution in [0.1, 0.15) is 25.3 Å². The van der Waals surface area contributed by atoms with Gasteiger partial charge in [-0.05, 0) is 47.9 Å². The van der Waals surface area contributed by atoms with Gasteiger partial charge in [-0.3, -0.25) is 9.36 Å². The van der Waals surface area contributed by atoms with Gasteiger partial charge >= 0.3 is 0 Å². The summed E-state index contributed by atoms with van der Waals surface area (Å²) in [5.74, 6) is 0.725. The van der Waals surface area contributed by atoms with Crippen molar-refractivity contribution in [2.24, 2.45) is 0 Å². The minimum atomic E-state index is -0.0426. The standard InChI is InChI=1S/C24H23N3OS/c1-17(2)18-12-14-19(15-13-18)25-23(28)16-29-24-26-21-10-6-7-11-22(21)27(24)20-8-4-3-5-9-20/h3-15,17H,16H2,1-2H3,(H,25,28). The van der Waals surface area contributed by atoms with Crippen molar-refractivity contribution in [3.8, 4) is 5.69 Å². The number of hydrogen-bond acceptors (Lipinski definition) is 3. The molecule has 0 aliphatic heterocycles. The highest BCUT2D eigenvalue weighted by atomic mass is 32.2. The zero-order valence-corrected chi connectivity index (χ0v) is 17.3. The Morgan fingerprint density at radius 3 is 2.38 bits per heavy atom. The van der Waals surface area contributed by atoms with E-state index in [0.717, 1.165) is 27.6 Å². The quantitative estimate of drug-likeness (QED) is 0.410. The van der Waals surface area contributed by atoms with E-state index in [4.69, 9.17) is 4.98 Å². The Bertz CT molecular complexity index is 1120. The van der Waals surface area contributed by atoms with Crippen LogP contribution in [0.3, 0.4) is 0 Å². The highest BCUT2D eigenvalue weighted by Crippen LogP contribution is 2.28. The van der Waals surface area contributed by atoms with Crippen LogP contribution in [0.4, 0.5) is 5.69 Å². The van der Waals surface area contributed by atoms with Crippen molar-refractivity contribution in [1.29, 1.82) is 0 Å². The van der Waals surface area contributed by atoms with E-state index in [0.29, 0.717) is 11.7 Å². The van der Waals surface area contributed by atoms with Crippen molar-refractivity contribution in [3.63, 3.8) is 0 Å². The molecule has 0 fully saturated rings. The number of benzene rings is 3. The van der Waals surface area contributed by atoms with Crippen molar-refractivity contribution < 1.29 is 4.79 Å². The van der Waals surface area contributed by atoms with Gasteiger partial charge in [0.05, 0.1) is 16.8 Å². The molecule has 1 N–H and O–H groups in total. The molecule has 0 atom stereocenters. The van der Waals surface area contributed by atoms with Crippen molar-refractivity contribution >= 4 is 34.4 Å². The van der Waals surface area contributed by atoms with Crippen LogP contribution in [0.5, 0.6) is 0 Å². The maximum absolute atomic E-state index is 12.5. The lowest BCUT2D eigenvalue weighted by molar-refractivity contribution is -0.113. The SMILES string of the molecule is CC(C)c1ccc(NC(=O)CSc2nc3ccccc3n2-c2ccccc2)cc1. The third kappa shape index (κ3) is 4.35. The highest BCUT2D eigenvalue weighted by Gasteiger charge is 2.14. The Labute approximate surface area is 175 Å². The van der Waals surface area contributed by atoms with E-state index in [2.05, 4.69) is 54.1 Å². The summed E-state index contributed by atoms with van der Waals surface area (Å²) in [5, 5.41) is 3.78. The lowest BCUT2D eigenvalue weighted by Crippen LogP contribution is -2.14. The summed E-state index contributed by atoms with van der Waals surface area (Å²) >= 11 is 1.44. The molecule has 0 bridgehead atoms. The third-order valence-electron chi connectivity index (χ3n) is 4.74. The number of imidazole rings is 1. The van der Waals surface area contributed by atoms with Crippen LogP contribution in [-0.4, -0.2) is 21.2 Å². The number of anilines is 1. The Hall–Kier alpha value is -3.05. The molecule has 29 heavy (non-hydrogen) atoms. The predicted molar refractivity (Wildman–Crippen MR) is 121 cm³/mol. The first kappa shape index (κ1) is 19.3. The molecule has 0 aliphatic carbocycles. The van der Waals surface area contributed by atoms with Crippen LogP contribution in [0, 0.1) is 0 Å². The van der Waals surface area contributed by atoms with Gasteiger partial charge in [-0.2, -0.15) is 0 Å². The molecule has 1 amide bonds. The van der Waals surface area contributed by atoms with Crippen molar-refractivity contribution in [2.75, 3.05) is 11.1 Å². The fraction of sp³-hybridized carbons (Fsp3) is 0.167. The predicted octanol–water partition coefficient (Wildman–Crippen LogP) is 5.88. The molecule has 4 rings (SSSR count). The van der Waals surface area contributed by atoms with Crippen LogP contribution in [-0.2, 0) is 4.79 Å². The molecule has 0 aliphatic rings. The van der Waals surface area contributed by atoms with Crippen LogP contribution in [0.15, 0.2) is 84.0 Å². The minimum Gasteiger partial charge on any atom is -0.325 e. The molecule has 0 radical (unpaired) electrons. The summed E-state index contributed by atoms with van der Waals surface area (Å²) in [4.78, 5) is 17.2. The van der Waals surface area contributed by atoms with Crippen LogP contribution >= 0.6 is 11.8 Å². The molecule has 146 valence electrons. The summed E-state index contributed by atoms with van der Waals surface area (Å²) in [5.41, 5.74) is 5.06. The largest absolute Gasteiger partial charge is 0.325 e. The van der Waals surface area contributed by atoms with Crippen molar-refractivity contribution in [3.05, 3.63) is 84.4 Å². The van der Waals surface area contributed by atoms with Gasteiger partial charge in [0, 0.05) is 11.4 Å². The normalized spacial score (nSPS) is 11.1. The van der Waals surface area contributed by atoms with E-state index in [9.17, 15) is 4.79 Å². The summed E-state index contributed by atoms with van der Waals surface area (Å²) in [6.07, 6.45) is 0. The minimum absolute atomic E-state index is 0.0426. The average Bonchev–Trinajstić information content (AvgIpc) is 3.12. The Morgan fingerprint density at radius 1 is 0.966 bits per heavy atom. The Balaban J connectivity index is 1.51. The second-order valence-electron chi connectivity index (χ2n) is 7.17. The maximum Gasteiger partial charge on any atom is 0.234 e. The summed E-state index contributed by atoms with van der Waals surface area (Å²) in [7, 11) is 0. The Morgan fingerprint density at radius 2 is 1.66 bits per heavy atom. The van der Waals surface area contributed by atoms with Gasteiger partial charge in [0.1, 0.15) is 0 Å². The first-order valence-electron chi connectivity index (χ1n) is 9.67. The maximum atomic E-state index is 12.5. The van der Waals surface area contributed by atoms with Gasteiger partial charge in [-0.15, -0.1) is 0 Å². The number of nitrogens with zero attached hydrogens (tertiary/aromatic N) is 2. The van der Waals surface area contributed by atoms with Gasteiger partial charge in [0.25, 0.3) is 0 Å². The fourth-order valence-corrected chi connectivity index (χ4v) is 4.03. The number of hydrogen-bond donors (Lipinski definition) is 1. The summed E-state index contributed by atoms with van der Waals surface area (Å²) in [6.45, 7) is 4.31. The molecule has 0 saturated heterocycles. The average molecular weight is 402 g/mol. The number of amides is 1. The zero-order chi connectivity index (χ0) is 20.2. The number of para-hydroxylation sites is 3. The molecule has 1 heterocycles. The first-order valence-corrected chi connectivity index (χ1v) is 10.7. The van der Waals surface area contributed by atoms with E-state index in [-0.39, 0.29) is 5.91 Å². The lowest BCUT2D eigenvalue weighted by Gasteiger charge is -2.10. The smallest absolute Gasteiger partial charge is 0.234 e. The van der Waals surface area contributed by atoms with E-state index < -0.39 is 0 Å². The molecule has 0 saturated carbocycles. The van der Waals surface area contributed by atoms with E-state index >= 15 is 0 Å². The van der Waals surface area contributed by atoms with Crippen molar-refractivity contribution in [1.82, 2.24) is 9.55 Å². The number of nitrogens with one attached hydrogen (secondary N) is 1. The van der Waals surface area contributed by atoms with Gasteiger partial charge in [0.15, 0.2) is 5.16 Å². The lowest BCUT2D eigenvalue weighted by atomic mass is 10.0. The number of carbonyl (C=O) groups excluding carboxylic acids is 1. The van der Waals surface area contributed by atoms with Crippen molar-refractivity contribution in [2.45, 2.75) is 24.9 Å². The van der Waals surface area contributed by atoms with Crippen LogP contribution in [0.2, 0.25) is 0 Å². The Kier molecular flexibility index (Phi) is 5.67. The molecular formula is C24H23N3OS. The van der Waals surface area contributed by atoms with Gasteiger partial charge < -0.3 is 5.32 Å². The summed E-state index contributed by atoms with van der Waals surface area (Å²) < 4.78 is 2.10. The molecule has 5 heteroatoms. The summed E-state index contributed by atoms with van der Waals surface area (Å²) in [6, 6.07) is 26.2. The number of aromatic nitrogens is 2. The zero-order valence-electron chi connectivity index (χ0n) is 16.5. The molecule has 0 spiro atoms. The van der Waals surface area contributed by atoms with Crippen LogP contribution in [0.25, 0.3) is 16.7 Å². The number of fused-ring (bicyclic) bond motifs is 1. The third-order valence-corrected chi connectivity index (χ3v) is 5.68. The van der Waals surface area contributed by atoms with E-state index in [1.165, 1.54) is 17.3 Å².